The molecular formula is C11H20N4. The second-order valence-corrected chi connectivity index (χ2v) is 4.71. The van der Waals surface area contributed by atoms with Crippen molar-refractivity contribution in [2.75, 3.05) is 13.6 Å². The molecule has 0 unspecified atom stereocenters. The first-order valence-corrected chi connectivity index (χ1v) is 5.73. The summed E-state index contributed by atoms with van der Waals surface area (Å²) in [6.07, 6.45) is 8.07. The summed E-state index contributed by atoms with van der Waals surface area (Å²) < 4.78 is 1.90. The lowest BCUT2D eigenvalue weighted by Crippen LogP contribution is -2.33. The third kappa shape index (κ3) is 2.20. The van der Waals surface area contributed by atoms with E-state index in [1.807, 2.05) is 18.8 Å². The highest BCUT2D eigenvalue weighted by Gasteiger charge is 2.34. The summed E-state index contributed by atoms with van der Waals surface area (Å²) in [6.45, 7) is 1.10. The Bertz CT molecular complexity index is 312. The molecule has 0 aliphatic heterocycles. The largest absolute Gasteiger partial charge is 0.319 e. The summed E-state index contributed by atoms with van der Waals surface area (Å²) in [5, 5.41) is 7.46. The van der Waals surface area contributed by atoms with Crippen LogP contribution >= 0.6 is 0 Å². The minimum Gasteiger partial charge on any atom is -0.319 e. The lowest BCUT2D eigenvalue weighted by Gasteiger charge is -2.28. The maximum absolute atomic E-state index is 4.33. The van der Waals surface area contributed by atoms with Gasteiger partial charge in [0.25, 0.3) is 0 Å². The zero-order valence-corrected chi connectivity index (χ0v) is 9.66. The van der Waals surface area contributed by atoms with Crippen LogP contribution in [0.25, 0.3) is 0 Å². The van der Waals surface area contributed by atoms with E-state index in [-0.39, 0.29) is 0 Å². The minimum absolute atomic E-state index is 0.426. The molecule has 0 bridgehead atoms. The van der Waals surface area contributed by atoms with Crippen LogP contribution < -0.4 is 5.32 Å². The van der Waals surface area contributed by atoms with E-state index in [1.165, 1.54) is 25.7 Å². The molecule has 4 nitrogen and oxygen atoms in total. The first kappa shape index (κ1) is 10.6. The normalized spacial score (nSPS) is 19.6. The number of nitrogens with one attached hydrogen (secondary N) is 1. The van der Waals surface area contributed by atoms with Gasteiger partial charge in [0.05, 0.1) is 0 Å². The topological polar surface area (TPSA) is 42.7 Å². The van der Waals surface area contributed by atoms with Gasteiger partial charge in [0.1, 0.15) is 12.2 Å². The fourth-order valence-corrected chi connectivity index (χ4v) is 2.73. The SMILES string of the molecule is CNCC1(Cc2ncnn2C)CCCC1. The van der Waals surface area contributed by atoms with Crippen LogP contribution in [0.3, 0.4) is 0 Å². The van der Waals surface area contributed by atoms with Crippen LogP contribution in [0.5, 0.6) is 0 Å². The van der Waals surface area contributed by atoms with Crippen LogP contribution in [-0.4, -0.2) is 28.4 Å². The van der Waals surface area contributed by atoms with Crippen LogP contribution in [0.15, 0.2) is 6.33 Å². The average molecular weight is 208 g/mol. The van der Waals surface area contributed by atoms with Gasteiger partial charge < -0.3 is 5.32 Å². The van der Waals surface area contributed by atoms with Gasteiger partial charge in [-0.25, -0.2) is 4.98 Å². The molecule has 1 aromatic rings. The van der Waals surface area contributed by atoms with Crippen molar-refractivity contribution in [2.45, 2.75) is 32.1 Å². The van der Waals surface area contributed by atoms with Crippen molar-refractivity contribution in [3.05, 3.63) is 12.2 Å². The van der Waals surface area contributed by atoms with E-state index < -0.39 is 0 Å². The first-order valence-electron chi connectivity index (χ1n) is 5.73. The van der Waals surface area contributed by atoms with Gasteiger partial charge in [-0.1, -0.05) is 12.8 Å². The quantitative estimate of drug-likeness (QED) is 0.807. The van der Waals surface area contributed by atoms with Crippen molar-refractivity contribution in [3.8, 4) is 0 Å². The van der Waals surface area contributed by atoms with Crippen molar-refractivity contribution < 1.29 is 0 Å². The molecule has 1 aliphatic rings. The second kappa shape index (κ2) is 4.31. The van der Waals surface area contributed by atoms with Crippen molar-refractivity contribution in [3.63, 3.8) is 0 Å². The summed E-state index contributed by atoms with van der Waals surface area (Å²) in [5.41, 5.74) is 0.426. The van der Waals surface area contributed by atoms with Crippen LogP contribution in [0.2, 0.25) is 0 Å². The first-order chi connectivity index (χ1) is 7.26. The van der Waals surface area contributed by atoms with E-state index in [4.69, 9.17) is 0 Å². The molecule has 1 saturated carbocycles. The van der Waals surface area contributed by atoms with E-state index in [0.29, 0.717) is 5.41 Å². The highest BCUT2D eigenvalue weighted by Crippen LogP contribution is 2.39. The fourth-order valence-electron chi connectivity index (χ4n) is 2.73. The Kier molecular flexibility index (Phi) is 3.05. The lowest BCUT2D eigenvalue weighted by atomic mass is 9.82. The monoisotopic (exact) mass is 208 g/mol. The number of hydrogen-bond donors (Lipinski definition) is 1. The Morgan fingerprint density at radius 3 is 2.73 bits per heavy atom. The summed E-state index contributed by atoms with van der Waals surface area (Å²) in [4.78, 5) is 4.33. The molecule has 0 atom stereocenters. The molecule has 0 spiro atoms. The lowest BCUT2D eigenvalue weighted by molar-refractivity contribution is 0.276. The Labute approximate surface area is 91.1 Å². The van der Waals surface area contributed by atoms with Gasteiger partial charge in [-0.05, 0) is 25.3 Å². The minimum atomic E-state index is 0.426. The number of hydrogen-bond acceptors (Lipinski definition) is 3. The molecule has 1 heterocycles. The number of nitrogens with zero attached hydrogens (tertiary/aromatic N) is 3. The van der Waals surface area contributed by atoms with E-state index in [0.717, 1.165) is 18.8 Å². The highest BCUT2D eigenvalue weighted by atomic mass is 15.3. The van der Waals surface area contributed by atoms with Crippen LogP contribution in [0.1, 0.15) is 31.5 Å². The molecule has 4 heteroatoms. The zero-order chi connectivity index (χ0) is 10.7. The van der Waals surface area contributed by atoms with Gasteiger partial charge in [-0.3, -0.25) is 4.68 Å². The molecule has 0 amide bonds. The third-order valence-electron chi connectivity index (χ3n) is 3.55. The van der Waals surface area contributed by atoms with Crippen molar-refractivity contribution in [1.82, 2.24) is 20.1 Å². The summed E-state index contributed by atoms with van der Waals surface area (Å²) >= 11 is 0. The van der Waals surface area contributed by atoms with E-state index in [9.17, 15) is 0 Å². The van der Waals surface area contributed by atoms with E-state index >= 15 is 0 Å². The number of aryl methyl sites for hydroxylation is 1. The van der Waals surface area contributed by atoms with E-state index in [1.54, 1.807) is 6.33 Å². The Morgan fingerprint density at radius 1 is 1.47 bits per heavy atom. The molecule has 1 aliphatic carbocycles. The number of aromatic nitrogens is 3. The van der Waals surface area contributed by atoms with E-state index in [2.05, 4.69) is 15.4 Å². The molecule has 1 N–H and O–H groups in total. The van der Waals surface area contributed by atoms with Gasteiger partial charge in [-0.15, -0.1) is 0 Å². The summed E-state index contributed by atoms with van der Waals surface area (Å²) in [5.74, 6) is 1.12. The predicted octanol–water partition coefficient (Wildman–Crippen LogP) is 1.14. The molecular weight excluding hydrogens is 188 g/mol. The Morgan fingerprint density at radius 2 is 2.20 bits per heavy atom. The number of rotatable bonds is 4. The van der Waals surface area contributed by atoms with Crippen LogP contribution in [0.4, 0.5) is 0 Å². The van der Waals surface area contributed by atoms with Crippen molar-refractivity contribution in [1.29, 1.82) is 0 Å². The van der Waals surface area contributed by atoms with Gasteiger partial charge in [0, 0.05) is 20.0 Å². The molecule has 84 valence electrons. The van der Waals surface area contributed by atoms with Crippen molar-refractivity contribution in [2.24, 2.45) is 12.5 Å². The molecule has 15 heavy (non-hydrogen) atoms. The molecule has 1 aromatic heterocycles. The maximum Gasteiger partial charge on any atom is 0.138 e. The third-order valence-corrected chi connectivity index (χ3v) is 3.55. The Balaban J connectivity index is 2.10. The van der Waals surface area contributed by atoms with Crippen LogP contribution in [-0.2, 0) is 13.5 Å². The standard InChI is InChI=1S/C11H20N4/c1-12-8-11(5-3-4-6-11)7-10-13-9-14-15(10)2/h9,12H,3-8H2,1-2H3. The summed E-state index contributed by atoms with van der Waals surface area (Å²) in [6, 6.07) is 0. The van der Waals surface area contributed by atoms with Gasteiger partial charge in [-0.2, -0.15) is 5.10 Å². The van der Waals surface area contributed by atoms with Crippen LogP contribution in [0, 0.1) is 5.41 Å². The molecule has 1 fully saturated rings. The van der Waals surface area contributed by atoms with Crippen molar-refractivity contribution >= 4 is 0 Å². The molecule has 0 radical (unpaired) electrons. The zero-order valence-electron chi connectivity index (χ0n) is 9.66. The Hall–Kier alpha value is -0.900. The summed E-state index contributed by atoms with van der Waals surface area (Å²) in [7, 11) is 4.01. The van der Waals surface area contributed by atoms with Gasteiger partial charge in [0.15, 0.2) is 0 Å². The van der Waals surface area contributed by atoms with Gasteiger partial charge >= 0.3 is 0 Å². The molecule has 0 saturated heterocycles. The maximum atomic E-state index is 4.33. The average Bonchev–Trinajstić information content (AvgIpc) is 2.79. The predicted molar refractivity (Wildman–Crippen MR) is 59.5 cm³/mol. The fraction of sp³-hybridized carbons (Fsp3) is 0.818. The highest BCUT2D eigenvalue weighted by molar-refractivity contribution is 4.97. The molecule has 2 rings (SSSR count). The smallest absolute Gasteiger partial charge is 0.138 e. The van der Waals surface area contributed by atoms with Gasteiger partial charge in [0.2, 0.25) is 0 Å². The molecule has 0 aromatic carbocycles. The second-order valence-electron chi connectivity index (χ2n) is 4.71.